The minimum absolute atomic E-state index is 0.150. The molecule has 1 aliphatic rings. The number of aromatic nitrogens is 3. The van der Waals surface area contributed by atoms with Crippen LogP contribution in [0.25, 0.3) is 5.69 Å². The molecule has 1 saturated carbocycles. The quantitative estimate of drug-likeness (QED) is 0.627. The SMILES string of the molecule is NC1(c2ccc(-n3cccn3)cn2)CC1.O=C(O)C(F)(F)F.O=C(O)C(F)(F)F. The van der Waals surface area contributed by atoms with Crippen LogP contribution in [0.1, 0.15) is 18.5 Å². The van der Waals surface area contributed by atoms with Crippen LogP contribution in [0, 0.1) is 0 Å². The summed E-state index contributed by atoms with van der Waals surface area (Å²) in [6, 6.07) is 5.88. The van der Waals surface area contributed by atoms with Crippen molar-refractivity contribution >= 4 is 11.9 Å². The summed E-state index contributed by atoms with van der Waals surface area (Å²) in [6.07, 6.45) is -2.62. The van der Waals surface area contributed by atoms with Gasteiger partial charge in [-0.15, -0.1) is 0 Å². The van der Waals surface area contributed by atoms with Crippen molar-refractivity contribution in [2.75, 3.05) is 0 Å². The normalized spacial score (nSPS) is 14.6. The number of nitrogens with zero attached hydrogens (tertiary/aromatic N) is 3. The highest BCUT2D eigenvalue weighted by atomic mass is 19.4. The van der Waals surface area contributed by atoms with Crippen LogP contribution in [0.4, 0.5) is 26.3 Å². The number of nitrogens with two attached hydrogens (primary N) is 1. The molecule has 2 aromatic heterocycles. The molecule has 0 aromatic carbocycles. The topological polar surface area (TPSA) is 131 Å². The van der Waals surface area contributed by atoms with Gasteiger partial charge in [-0.3, -0.25) is 4.98 Å². The molecule has 0 amide bonds. The van der Waals surface area contributed by atoms with Gasteiger partial charge in [-0.25, -0.2) is 14.3 Å². The molecule has 160 valence electrons. The van der Waals surface area contributed by atoms with Crippen molar-refractivity contribution in [3.05, 3.63) is 42.5 Å². The molecular formula is C15H14F6N4O4. The maximum atomic E-state index is 10.6. The summed E-state index contributed by atoms with van der Waals surface area (Å²) >= 11 is 0. The van der Waals surface area contributed by atoms with Crippen molar-refractivity contribution in [2.45, 2.75) is 30.7 Å². The molecule has 0 bridgehead atoms. The predicted octanol–water partition coefficient (Wildman–Crippen LogP) is 2.48. The summed E-state index contributed by atoms with van der Waals surface area (Å²) in [5, 5.41) is 18.4. The van der Waals surface area contributed by atoms with Gasteiger partial charge in [0.05, 0.1) is 23.1 Å². The molecule has 0 atom stereocenters. The van der Waals surface area contributed by atoms with E-state index in [-0.39, 0.29) is 5.54 Å². The third-order valence-corrected chi connectivity index (χ3v) is 3.30. The van der Waals surface area contributed by atoms with Crippen LogP contribution in [0.5, 0.6) is 0 Å². The van der Waals surface area contributed by atoms with Gasteiger partial charge in [0, 0.05) is 12.4 Å². The Morgan fingerprint density at radius 2 is 1.52 bits per heavy atom. The number of pyridine rings is 1. The van der Waals surface area contributed by atoms with Crippen LogP contribution in [-0.2, 0) is 15.1 Å². The van der Waals surface area contributed by atoms with Gasteiger partial charge in [0.15, 0.2) is 0 Å². The van der Waals surface area contributed by atoms with Crippen LogP contribution in [-0.4, -0.2) is 49.3 Å². The zero-order valence-electron chi connectivity index (χ0n) is 14.3. The Morgan fingerprint density at radius 3 is 1.79 bits per heavy atom. The van der Waals surface area contributed by atoms with Crippen molar-refractivity contribution in [3.8, 4) is 5.69 Å². The standard InChI is InChI=1S/C11H12N4.2C2HF3O2/c12-11(4-5-11)10-3-2-9(8-13-10)15-7-1-6-14-15;2*3-2(4,5)1(6)7/h1-3,6-8H,4-5,12H2;2*(H,6,7). The summed E-state index contributed by atoms with van der Waals surface area (Å²) in [5.74, 6) is -5.51. The molecule has 1 fully saturated rings. The average Bonchev–Trinajstić information content (AvgIpc) is 3.13. The van der Waals surface area contributed by atoms with E-state index in [1.54, 1.807) is 10.9 Å². The molecule has 8 nitrogen and oxygen atoms in total. The van der Waals surface area contributed by atoms with Crippen molar-refractivity contribution in [3.63, 3.8) is 0 Å². The van der Waals surface area contributed by atoms with Crippen LogP contribution >= 0.6 is 0 Å². The van der Waals surface area contributed by atoms with E-state index in [4.69, 9.17) is 25.5 Å². The first kappa shape index (κ1) is 23.9. The fourth-order valence-electron chi connectivity index (χ4n) is 1.63. The maximum absolute atomic E-state index is 10.6. The highest BCUT2D eigenvalue weighted by Gasteiger charge is 2.41. The summed E-state index contributed by atoms with van der Waals surface area (Å²) in [6.45, 7) is 0. The number of hydrogen-bond acceptors (Lipinski definition) is 5. The fourth-order valence-corrected chi connectivity index (χ4v) is 1.63. The Hall–Kier alpha value is -3.16. The molecule has 1 aliphatic carbocycles. The number of carboxylic acid groups (broad SMARTS) is 2. The zero-order chi connectivity index (χ0) is 22.5. The lowest BCUT2D eigenvalue weighted by Gasteiger charge is -2.08. The molecule has 0 unspecified atom stereocenters. The lowest BCUT2D eigenvalue weighted by Crippen LogP contribution is -2.21. The lowest BCUT2D eigenvalue weighted by atomic mass is 10.2. The Kier molecular flexibility index (Phi) is 7.32. The van der Waals surface area contributed by atoms with E-state index in [2.05, 4.69) is 10.1 Å². The first-order chi connectivity index (χ1) is 13.2. The van der Waals surface area contributed by atoms with E-state index < -0.39 is 24.3 Å². The second kappa shape index (κ2) is 8.89. The molecule has 2 aromatic rings. The third kappa shape index (κ3) is 7.77. The number of hydrogen-bond donors (Lipinski definition) is 3. The number of halogens is 6. The van der Waals surface area contributed by atoms with E-state index in [0.717, 1.165) is 24.2 Å². The van der Waals surface area contributed by atoms with E-state index >= 15 is 0 Å². The van der Waals surface area contributed by atoms with Gasteiger partial charge < -0.3 is 15.9 Å². The van der Waals surface area contributed by atoms with Crippen molar-refractivity contribution in [1.29, 1.82) is 0 Å². The molecule has 0 saturated heterocycles. The molecular weight excluding hydrogens is 414 g/mol. The molecule has 14 heteroatoms. The number of carboxylic acids is 2. The van der Waals surface area contributed by atoms with E-state index in [0.29, 0.717) is 0 Å². The number of alkyl halides is 6. The highest BCUT2D eigenvalue weighted by molar-refractivity contribution is 5.73. The number of carbonyl (C=O) groups is 2. The van der Waals surface area contributed by atoms with Crippen LogP contribution < -0.4 is 5.73 Å². The minimum Gasteiger partial charge on any atom is -0.475 e. The van der Waals surface area contributed by atoms with Gasteiger partial charge in [0.25, 0.3) is 0 Å². The van der Waals surface area contributed by atoms with E-state index in [1.807, 2.05) is 30.6 Å². The number of rotatable bonds is 2. The number of aliphatic carboxylic acids is 2. The fraction of sp³-hybridized carbons (Fsp3) is 0.333. The first-order valence-electron chi connectivity index (χ1n) is 7.52. The Labute approximate surface area is 158 Å². The van der Waals surface area contributed by atoms with Crippen LogP contribution in [0.15, 0.2) is 36.8 Å². The van der Waals surface area contributed by atoms with Crippen molar-refractivity contribution in [1.82, 2.24) is 14.8 Å². The summed E-state index contributed by atoms with van der Waals surface area (Å²) in [5.41, 5.74) is 7.85. The van der Waals surface area contributed by atoms with Gasteiger partial charge in [0.1, 0.15) is 0 Å². The molecule has 0 aliphatic heterocycles. The average molecular weight is 428 g/mol. The second-order valence-corrected chi connectivity index (χ2v) is 5.61. The van der Waals surface area contributed by atoms with Gasteiger partial charge in [0.2, 0.25) is 0 Å². The van der Waals surface area contributed by atoms with Crippen molar-refractivity contribution < 1.29 is 46.1 Å². The van der Waals surface area contributed by atoms with E-state index in [9.17, 15) is 26.3 Å². The molecule has 0 spiro atoms. The second-order valence-electron chi connectivity index (χ2n) is 5.61. The Balaban J connectivity index is 0.000000255. The Bertz CT molecular complexity index is 791. The van der Waals surface area contributed by atoms with Gasteiger partial charge in [-0.2, -0.15) is 31.4 Å². The molecule has 3 rings (SSSR count). The highest BCUT2D eigenvalue weighted by Crippen LogP contribution is 2.41. The van der Waals surface area contributed by atoms with Gasteiger partial charge >= 0.3 is 24.3 Å². The zero-order valence-corrected chi connectivity index (χ0v) is 14.3. The van der Waals surface area contributed by atoms with Gasteiger partial charge in [-0.1, -0.05) is 0 Å². The molecule has 29 heavy (non-hydrogen) atoms. The molecule has 2 heterocycles. The third-order valence-electron chi connectivity index (χ3n) is 3.30. The van der Waals surface area contributed by atoms with Crippen LogP contribution in [0.3, 0.4) is 0 Å². The summed E-state index contributed by atoms with van der Waals surface area (Å²) in [7, 11) is 0. The monoisotopic (exact) mass is 428 g/mol. The largest absolute Gasteiger partial charge is 0.490 e. The van der Waals surface area contributed by atoms with E-state index in [1.165, 1.54) is 0 Å². The molecule has 4 N–H and O–H groups in total. The van der Waals surface area contributed by atoms with Crippen molar-refractivity contribution in [2.24, 2.45) is 5.73 Å². The Morgan fingerprint density at radius 1 is 1.03 bits per heavy atom. The maximum Gasteiger partial charge on any atom is 0.490 e. The predicted molar refractivity (Wildman–Crippen MR) is 83.8 cm³/mol. The lowest BCUT2D eigenvalue weighted by molar-refractivity contribution is -0.193. The summed E-state index contributed by atoms with van der Waals surface area (Å²) < 4.78 is 65.3. The first-order valence-corrected chi connectivity index (χ1v) is 7.52. The van der Waals surface area contributed by atoms with Gasteiger partial charge in [-0.05, 0) is 31.0 Å². The smallest absolute Gasteiger partial charge is 0.475 e. The molecule has 0 radical (unpaired) electrons. The summed E-state index contributed by atoms with van der Waals surface area (Å²) in [4.78, 5) is 22.2. The minimum atomic E-state index is -5.08. The van der Waals surface area contributed by atoms with Crippen LogP contribution in [0.2, 0.25) is 0 Å².